The van der Waals surface area contributed by atoms with Crippen molar-refractivity contribution in [2.45, 2.75) is 32.7 Å². The molecule has 1 N–H and O–H groups in total. The van der Waals surface area contributed by atoms with Gasteiger partial charge in [-0.3, -0.25) is 4.79 Å². The van der Waals surface area contributed by atoms with E-state index < -0.39 is 0 Å². The summed E-state index contributed by atoms with van der Waals surface area (Å²) in [5.41, 5.74) is 2.02. The van der Waals surface area contributed by atoms with Crippen molar-refractivity contribution in [3.05, 3.63) is 58.0 Å². The first-order chi connectivity index (χ1) is 12.0. The van der Waals surface area contributed by atoms with Crippen molar-refractivity contribution in [3.63, 3.8) is 0 Å². The molecular weight excluding hydrogens is 341 g/mol. The highest BCUT2D eigenvalue weighted by Gasteiger charge is 2.23. The molecule has 0 spiro atoms. The van der Waals surface area contributed by atoms with Gasteiger partial charge in [0.25, 0.3) is 5.91 Å². The molecule has 0 radical (unpaired) electrons. The highest BCUT2D eigenvalue weighted by Crippen LogP contribution is 2.34. The van der Waals surface area contributed by atoms with Gasteiger partial charge in [0.15, 0.2) is 5.01 Å². The summed E-state index contributed by atoms with van der Waals surface area (Å²) < 4.78 is 18.7. The van der Waals surface area contributed by atoms with Crippen LogP contribution in [-0.2, 0) is 0 Å². The normalized spacial score (nSPS) is 16.8. The van der Waals surface area contributed by atoms with Crippen LogP contribution in [0.15, 0.2) is 46.1 Å². The van der Waals surface area contributed by atoms with Crippen LogP contribution < -0.4 is 5.32 Å². The Balaban J connectivity index is 1.94. The van der Waals surface area contributed by atoms with Gasteiger partial charge in [-0.2, -0.15) is 0 Å². The summed E-state index contributed by atoms with van der Waals surface area (Å²) in [7, 11) is 0. The predicted molar refractivity (Wildman–Crippen MR) is 95.2 cm³/mol. The maximum absolute atomic E-state index is 13.4. The lowest BCUT2D eigenvalue weighted by Gasteiger charge is -2.06. The van der Waals surface area contributed by atoms with Crippen molar-refractivity contribution in [2.75, 3.05) is 0 Å². The van der Waals surface area contributed by atoms with Gasteiger partial charge in [0, 0.05) is 17.3 Å². The number of hydrogen-bond acceptors (Lipinski definition) is 5. The highest BCUT2D eigenvalue weighted by molar-refractivity contribution is 7.12. The van der Waals surface area contributed by atoms with Gasteiger partial charge in [-0.15, -0.1) is 11.3 Å². The molecule has 1 amide bonds. The molecule has 2 heterocycles. The summed E-state index contributed by atoms with van der Waals surface area (Å²) >= 11 is 1.27. The average molecular weight is 359 g/mol. The lowest BCUT2D eigenvalue weighted by atomic mass is 9.98. The van der Waals surface area contributed by atoms with Crippen LogP contribution in [0.25, 0.3) is 11.3 Å². The molecule has 1 unspecified atom stereocenters. The monoisotopic (exact) mass is 359 g/mol. The molecule has 130 valence electrons. The molecule has 1 aliphatic rings. The number of amides is 1. The summed E-state index contributed by atoms with van der Waals surface area (Å²) in [5, 5.41) is 9.14. The van der Waals surface area contributed by atoms with E-state index >= 15 is 0 Å². The lowest BCUT2D eigenvalue weighted by molar-refractivity contribution is 0.0943. The van der Waals surface area contributed by atoms with Crippen LogP contribution in [-0.4, -0.2) is 22.1 Å². The van der Waals surface area contributed by atoms with E-state index in [2.05, 4.69) is 15.5 Å². The van der Waals surface area contributed by atoms with Crippen LogP contribution in [0.2, 0.25) is 0 Å². The number of aromatic nitrogens is 2. The van der Waals surface area contributed by atoms with Crippen LogP contribution in [0, 0.1) is 6.92 Å². The van der Waals surface area contributed by atoms with Gasteiger partial charge in [0.1, 0.15) is 17.3 Å². The number of carbonyl (C=O) groups is 1. The van der Waals surface area contributed by atoms with Gasteiger partial charge in [-0.1, -0.05) is 23.4 Å². The maximum atomic E-state index is 13.4. The van der Waals surface area contributed by atoms with Crippen molar-refractivity contribution < 1.29 is 13.7 Å². The SMILES string of the molecule is Cc1onc(C2C=CC=C(F)C=C2)c1-c1csc(C(=O)NC(C)C)n1. The Bertz CT molecular complexity index is 877. The fourth-order valence-electron chi connectivity index (χ4n) is 2.51. The Hall–Kier alpha value is -2.54. The number of aryl methyl sites for hydroxylation is 1. The topological polar surface area (TPSA) is 68.0 Å². The van der Waals surface area contributed by atoms with Gasteiger partial charge < -0.3 is 9.84 Å². The van der Waals surface area contributed by atoms with Crippen molar-refractivity contribution >= 4 is 17.2 Å². The van der Waals surface area contributed by atoms with Crippen LogP contribution in [0.1, 0.15) is 41.0 Å². The summed E-state index contributed by atoms with van der Waals surface area (Å²) in [6.07, 6.45) is 8.00. The Morgan fingerprint density at radius 3 is 2.96 bits per heavy atom. The van der Waals surface area contributed by atoms with Crippen LogP contribution in [0.4, 0.5) is 4.39 Å². The molecule has 2 aromatic rings. The summed E-state index contributed by atoms with van der Waals surface area (Å²) in [4.78, 5) is 16.5. The second-order valence-electron chi connectivity index (χ2n) is 5.99. The zero-order valence-electron chi connectivity index (χ0n) is 14.1. The molecule has 7 heteroatoms. The fourth-order valence-corrected chi connectivity index (χ4v) is 3.22. The van der Waals surface area contributed by atoms with E-state index in [1.807, 2.05) is 19.9 Å². The maximum Gasteiger partial charge on any atom is 0.280 e. The van der Waals surface area contributed by atoms with Gasteiger partial charge >= 0.3 is 0 Å². The number of rotatable bonds is 4. The van der Waals surface area contributed by atoms with E-state index in [4.69, 9.17) is 4.52 Å². The first kappa shape index (κ1) is 17.3. The number of nitrogens with one attached hydrogen (secondary N) is 1. The van der Waals surface area contributed by atoms with E-state index in [1.54, 1.807) is 24.5 Å². The number of nitrogens with zero attached hydrogens (tertiary/aromatic N) is 2. The van der Waals surface area contributed by atoms with E-state index in [0.29, 0.717) is 22.2 Å². The fraction of sp³-hybridized carbons (Fsp3) is 0.278. The van der Waals surface area contributed by atoms with E-state index in [1.165, 1.54) is 23.5 Å². The summed E-state index contributed by atoms with van der Waals surface area (Å²) in [5.74, 6) is -0.147. The van der Waals surface area contributed by atoms with E-state index in [-0.39, 0.29) is 23.7 Å². The van der Waals surface area contributed by atoms with Crippen molar-refractivity contribution in [1.82, 2.24) is 15.5 Å². The predicted octanol–water partition coefficient (Wildman–Crippen LogP) is 4.31. The Labute approximate surface area is 148 Å². The van der Waals surface area contributed by atoms with Crippen LogP contribution >= 0.6 is 11.3 Å². The smallest absolute Gasteiger partial charge is 0.280 e. The molecule has 5 nitrogen and oxygen atoms in total. The minimum atomic E-state index is -0.318. The Morgan fingerprint density at radius 2 is 2.20 bits per heavy atom. The third-order valence-corrected chi connectivity index (χ3v) is 4.46. The molecule has 2 aromatic heterocycles. The largest absolute Gasteiger partial charge is 0.361 e. The molecule has 0 aliphatic heterocycles. The lowest BCUT2D eigenvalue weighted by Crippen LogP contribution is -2.29. The second kappa shape index (κ2) is 7.14. The van der Waals surface area contributed by atoms with Gasteiger partial charge in [-0.05, 0) is 32.9 Å². The van der Waals surface area contributed by atoms with Crippen LogP contribution in [0.5, 0.6) is 0 Å². The standard InChI is InChI=1S/C18H18FN3O2S/c1-10(2)20-17(23)18-21-14(9-25-18)15-11(3)24-22-16(15)12-5-4-6-13(19)8-7-12/h4-10,12H,1-3H3,(H,20,23). The molecule has 0 aromatic carbocycles. The van der Waals surface area contributed by atoms with Gasteiger partial charge in [0.05, 0.1) is 11.3 Å². The van der Waals surface area contributed by atoms with Gasteiger partial charge in [0.2, 0.25) is 0 Å². The Kier molecular flexibility index (Phi) is 4.94. The molecule has 0 fully saturated rings. The van der Waals surface area contributed by atoms with Crippen molar-refractivity contribution in [3.8, 4) is 11.3 Å². The number of carbonyl (C=O) groups excluding carboxylic acids is 1. The quantitative estimate of drug-likeness (QED) is 0.883. The second-order valence-corrected chi connectivity index (χ2v) is 6.84. The van der Waals surface area contributed by atoms with Gasteiger partial charge in [-0.25, -0.2) is 9.37 Å². The summed E-state index contributed by atoms with van der Waals surface area (Å²) in [6.45, 7) is 5.58. The molecule has 0 bridgehead atoms. The van der Waals surface area contributed by atoms with E-state index in [9.17, 15) is 9.18 Å². The zero-order chi connectivity index (χ0) is 18.0. The molecular formula is C18H18FN3O2S. The van der Waals surface area contributed by atoms with Crippen molar-refractivity contribution in [2.24, 2.45) is 0 Å². The van der Waals surface area contributed by atoms with Crippen LogP contribution in [0.3, 0.4) is 0 Å². The number of halogens is 1. The average Bonchev–Trinajstić information content (AvgIpc) is 3.11. The minimum absolute atomic E-state index is 0.0383. The number of hydrogen-bond donors (Lipinski definition) is 1. The highest BCUT2D eigenvalue weighted by atomic mass is 32.1. The number of thiazole rings is 1. The zero-order valence-corrected chi connectivity index (χ0v) is 14.9. The summed E-state index contributed by atoms with van der Waals surface area (Å²) in [6, 6.07) is 0.0383. The molecule has 25 heavy (non-hydrogen) atoms. The first-order valence-electron chi connectivity index (χ1n) is 7.91. The molecule has 1 atom stereocenters. The molecule has 0 saturated carbocycles. The third-order valence-electron chi connectivity index (χ3n) is 3.62. The number of allylic oxidation sites excluding steroid dienone is 6. The minimum Gasteiger partial charge on any atom is -0.361 e. The molecule has 1 aliphatic carbocycles. The first-order valence-corrected chi connectivity index (χ1v) is 8.78. The molecule has 0 saturated heterocycles. The third kappa shape index (κ3) is 3.76. The Morgan fingerprint density at radius 1 is 1.40 bits per heavy atom. The van der Waals surface area contributed by atoms with E-state index in [0.717, 1.165) is 5.56 Å². The molecule has 3 rings (SSSR count). The van der Waals surface area contributed by atoms with Crippen molar-refractivity contribution in [1.29, 1.82) is 0 Å².